The van der Waals surface area contributed by atoms with Crippen LogP contribution in [0.5, 0.6) is 17.2 Å². The van der Waals surface area contributed by atoms with Crippen LogP contribution in [0.3, 0.4) is 0 Å². The molecule has 0 unspecified atom stereocenters. The number of ether oxygens (including phenoxy) is 3. The molecule has 6 nitrogen and oxygen atoms in total. The molecule has 0 atom stereocenters. The SMILES string of the molecule is COc1ccc(C=NNC(=O)c2sc3ccccc3c2Cl)c(OC)c1OC. The van der Waals surface area contributed by atoms with Gasteiger partial charge in [0.2, 0.25) is 5.75 Å². The number of hydrogen-bond acceptors (Lipinski definition) is 6. The Morgan fingerprint density at radius 1 is 1.07 bits per heavy atom. The third kappa shape index (κ3) is 3.70. The molecule has 2 aromatic carbocycles. The number of benzene rings is 2. The highest BCUT2D eigenvalue weighted by Crippen LogP contribution is 2.39. The molecule has 0 fully saturated rings. The Labute approximate surface area is 165 Å². The number of carbonyl (C=O) groups is 1. The summed E-state index contributed by atoms with van der Waals surface area (Å²) in [5.74, 6) is 1.06. The molecule has 0 aliphatic heterocycles. The molecule has 0 radical (unpaired) electrons. The van der Waals surface area contributed by atoms with Gasteiger partial charge in [-0.3, -0.25) is 4.79 Å². The van der Waals surface area contributed by atoms with Gasteiger partial charge in [0, 0.05) is 15.6 Å². The van der Waals surface area contributed by atoms with Gasteiger partial charge in [0.25, 0.3) is 5.91 Å². The number of nitrogens with zero attached hydrogens (tertiary/aromatic N) is 1. The number of fused-ring (bicyclic) bond motifs is 1. The number of carbonyl (C=O) groups excluding carboxylic acids is 1. The monoisotopic (exact) mass is 404 g/mol. The standard InChI is InChI=1S/C19H17ClN2O4S/c1-24-13-9-8-11(16(25-2)17(13)26-3)10-21-22-19(23)18-15(20)12-6-4-5-7-14(12)27-18/h4-10H,1-3H3,(H,22,23). The Kier molecular flexibility index (Phi) is 5.83. The predicted octanol–water partition coefficient (Wildman–Crippen LogP) is 4.34. The normalized spacial score (nSPS) is 11.0. The van der Waals surface area contributed by atoms with Crippen molar-refractivity contribution in [3.63, 3.8) is 0 Å². The lowest BCUT2D eigenvalue weighted by Crippen LogP contribution is -2.16. The molecule has 27 heavy (non-hydrogen) atoms. The zero-order valence-corrected chi connectivity index (χ0v) is 16.5. The number of hydrogen-bond donors (Lipinski definition) is 1. The van der Waals surface area contributed by atoms with Gasteiger partial charge in [0.15, 0.2) is 11.5 Å². The van der Waals surface area contributed by atoms with E-state index in [4.69, 9.17) is 25.8 Å². The summed E-state index contributed by atoms with van der Waals surface area (Å²) in [4.78, 5) is 12.8. The molecular weight excluding hydrogens is 388 g/mol. The molecule has 1 aromatic heterocycles. The van der Waals surface area contributed by atoms with E-state index in [0.717, 1.165) is 10.1 Å². The zero-order chi connectivity index (χ0) is 19.4. The maximum Gasteiger partial charge on any atom is 0.283 e. The second kappa shape index (κ2) is 8.28. The first kappa shape index (κ1) is 19.0. The van der Waals surface area contributed by atoms with Crippen LogP contribution in [0.4, 0.5) is 0 Å². The molecule has 8 heteroatoms. The fourth-order valence-electron chi connectivity index (χ4n) is 2.60. The summed E-state index contributed by atoms with van der Waals surface area (Å²) in [6, 6.07) is 11.1. The molecule has 0 aliphatic carbocycles. The molecule has 0 aliphatic rings. The lowest BCUT2D eigenvalue weighted by Gasteiger charge is -2.13. The Bertz CT molecular complexity index is 1020. The van der Waals surface area contributed by atoms with Gasteiger partial charge < -0.3 is 14.2 Å². The van der Waals surface area contributed by atoms with Crippen molar-refractivity contribution in [2.45, 2.75) is 0 Å². The summed E-state index contributed by atoms with van der Waals surface area (Å²) < 4.78 is 16.9. The molecule has 0 spiro atoms. The van der Waals surface area contributed by atoms with Crippen LogP contribution in [0.2, 0.25) is 5.02 Å². The van der Waals surface area contributed by atoms with Crippen molar-refractivity contribution < 1.29 is 19.0 Å². The topological polar surface area (TPSA) is 69.2 Å². The number of halogens is 1. The Hall–Kier alpha value is -2.77. The highest BCUT2D eigenvalue weighted by atomic mass is 35.5. The van der Waals surface area contributed by atoms with E-state index < -0.39 is 0 Å². The molecule has 3 aromatic rings. The first-order valence-electron chi connectivity index (χ1n) is 7.90. The smallest absolute Gasteiger partial charge is 0.283 e. The molecule has 0 bridgehead atoms. The first-order valence-corrected chi connectivity index (χ1v) is 9.09. The Balaban J connectivity index is 1.82. The summed E-state index contributed by atoms with van der Waals surface area (Å²) in [5.41, 5.74) is 3.12. The van der Waals surface area contributed by atoms with E-state index in [-0.39, 0.29) is 5.91 Å². The minimum Gasteiger partial charge on any atom is -0.493 e. The van der Waals surface area contributed by atoms with E-state index in [0.29, 0.717) is 32.7 Å². The maximum absolute atomic E-state index is 12.4. The minimum absolute atomic E-state index is 0.378. The van der Waals surface area contributed by atoms with Crippen LogP contribution in [-0.2, 0) is 0 Å². The molecule has 0 saturated carbocycles. The third-order valence-electron chi connectivity index (χ3n) is 3.85. The molecule has 1 amide bonds. The van der Waals surface area contributed by atoms with E-state index in [1.807, 2.05) is 24.3 Å². The average molecular weight is 405 g/mol. The van der Waals surface area contributed by atoms with Gasteiger partial charge in [0.1, 0.15) is 4.88 Å². The quantitative estimate of drug-likeness (QED) is 0.490. The summed E-state index contributed by atoms with van der Waals surface area (Å²) in [7, 11) is 4.58. The van der Waals surface area contributed by atoms with Crippen molar-refractivity contribution in [3.8, 4) is 17.2 Å². The van der Waals surface area contributed by atoms with Gasteiger partial charge in [-0.15, -0.1) is 11.3 Å². The number of rotatable bonds is 6. The molecule has 0 saturated heterocycles. The summed E-state index contributed by atoms with van der Waals surface area (Å²) in [5, 5.41) is 5.29. The number of nitrogens with one attached hydrogen (secondary N) is 1. The maximum atomic E-state index is 12.4. The largest absolute Gasteiger partial charge is 0.493 e. The minimum atomic E-state index is -0.378. The average Bonchev–Trinajstić information content (AvgIpc) is 3.04. The van der Waals surface area contributed by atoms with Crippen molar-refractivity contribution in [3.05, 3.63) is 51.9 Å². The first-order chi connectivity index (χ1) is 13.1. The summed E-state index contributed by atoms with van der Waals surface area (Å²) >= 11 is 7.63. The lowest BCUT2D eigenvalue weighted by molar-refractivity contribution is 0.0959. The van der Waals surface area contributed by atoms with E-state index in [2.05, 4.69) is 10.5 Å². The number of methoxy groups -OCH3 is 3. The van der Waals surface area contributed by atoms with Crippen LogP contribution < -0.4 is 19.6 Å². The van der Waals surface area contributed by atoms with E-state index in [1.54, 1.807) is 19.2 Å². The molecule has 3 rings (SSSR count). The third-order valence-corrected chi connectivity index (χ3v) is 5.52. The fourth-order valence-corrected chi connectivity index (χ4v) is 4.00. The predicted molar refractivity (Wildman–Crippen MR) is 108 cm³/mol. The van der Waals surface area contributed by atoms with Crippen LogP contribution in [-0.4, -0.2) is 33.5 Å². The number of hydrazone groups is 1. The van der Waals surface area contributed by atoms with Crippen LogP contribution in [0.25, 0.3) is 10.1 Å². The van der Waals surface area contributed by atoms with Crippen molar-refractivity contribution >= 4 is 45.1 Å². The molecular formula is C19H17ClN2O4S. The highest BCUT2D eigenvalue weighted by Gasteiger charge is 2.17. The van der Waals surface area contributed by atoms with Gasteiger partial charge >= 0.3 is 0 Å². The second-order valence-corrected chi connectivity index (χ2v) is 6.79. The van der Waals surface area contributed by atoms with Gasteiger partial charge in [-0.2, -0.15) is 5.10 Å². The van der Waals surface area contributed by atoms with Gasteiger partial charge in [-0.1, -0.05) is 29.8 Å². The van der Waals surface area contributed by atoms with E-state index >= 15 is 0 Å². The molecule has 1 N–H and O–H groups in total. The Morgan fingerprint density at radius 2 is 1.81 bits per heavy atom. The molecule has 140 valence electrons. The van der Waals surface area contributed by atoms with Crippen molar-refractivity contribution in [1.29, 1.82) is 0 Å². The Morgan fingerprint density at radius 3 is 2.48 bits per heavy atom. The number of amides is 1. The van der Waals surface area contributed by atoms with Crippen LogP contribution >= 0.6 is 22.9 Å². The van der Waals surface area contributed by atoms with E-state index in [9.17, 15) is 4.79 Å². The second-order valence-electron chi connectivity index (χ2n) is 5.36. The van der Waals surface area contributed by atoms with Gasteiger partial charge in [0.05, 0.1) is 32.6 Å². The van der Waals surface area contributed by atoms with E-state index in [1.165, 1.54) is 31.8 Å². The van der Waals surface area contributed by atoms with Crippen molar-refractivity contribution in [2.75, 3.05) is 21.3 Å². The van der Waals surface area contributed by atoms with Gasteiger partial charge in [-0.25, -0.2) is 5.43 Å². The van der Waals surface area contributed by atoms with Crippen molar-refractivity contribution in [2.24, 2.45) is 5.10 Å². The summed E-state index contributed by atoms with van der Waals surface area (Å²) in [6.07, 6.45) is 1.47. The highest BCUT2D eigenvalue weighted by molar-refractivity contribution is 7.21. The van der Waals surface area contributed by atoms with Crippen LogP contribution in [0.15, 0.2) is 41.5 Å². The van der Waals surface area contributed by atoms with Gasteiger partial charge in [-0.05, 0) is 18.2 Å². The van der Waals surface area contributed by atoms with Crippen molar-refractivity contribution in [1.82, 2.24) is 5.43 Å². The number of thiophene rings is 1. The van der Waals surface area contributed by atoms with Crippen LogP contribution in [0, 0.1) is 0 Å². The van der Waals surface area contributed by atoms with Crippen LogP contribution in [0.1, 0.15) is 15.2 Å². The lowest BCUT2D eigenvalue weighted by atomic mass is 10.2. The molecule has 1 heterocycles. The summed E-state index contributed by atoms with van der Waals surface area (Å²) in [6.45, 7) is 0. The zero-order valence-electron chi connectivity index (χ0n) is 14.9. The fraction of sp³-hybridized carbons (Fsp3) is 0.158.